The number of nitriles is 1. The van der Waals surface area contributed by atoms with Gasteiger partial charge in [-0.3, -0.25) is 9.59 Å². The zero-order valence-corrected chi connectivity index (χ0v) is 9.30. The summed E-state index contributed by atoms with van der Waals surface area (Å²) in [6, 6.07) is 8.50. The molecule has 0 fully saturated rings. The van der Waals surface area contributed by atoms with E-state index in [1.807, 2.05) is 6.07 Å². The van der Waals surface area contributed by atoms with Crippen LogP contribution in [0, 0.1) is 17.2 Å². The Balaban J connectivity index is 2.69. The summed E-state index contributed by atoms with van der Waals surface area (Å²) < 4.78 is 0. The number of carbonyl (C=O) groups is 2. The van der Waals surface area contributed by atoms with Crippen molar-refractivity contribution in [3.05, 3.63) is 29.8 Å². The van der Waals surface area contributed by atoms with Gasteiger partial charge in [-0.2, -0.15) is 5.26 Å². The van der Waals surface area contributed by atoms with Crippen molar-refractivity contribution in [2.45, 2.75) is 13.3 Å². The number of carboxylic acid groups (broad SMARTS) is 1. The molecule has 1 unspecified atom stereocenters. The van der Waals surface area contributed by atoms with E-state index in [-0.39, 0.29) is 6.42 Å². The molecule has 0 aliphatic heterocycles. The van der Waals surface area contributed by atoms with Crippen molar-refractivity contribution in [2.75, 3.05) is 5.32 Å². The van der Waals surface area contributed by atoms with Gasteiger partial charge in [0.25, 0.3) is 0 Å². The fraction of sp³-hybridized carbons (Fsp3) is 0.250. The number of rotatable bonds is 4. The van der Waals surface area contributed by atoms with Gasteiger partial charge in [0.05, 0.1) is 17.2 Å². The number of amides is 1. The Bertz CT molecular complexity index is 477. The fourth-order valence-corrected chi connectivity index (χ4v) is 1.26. The predicted octanol–water partition coefficient (Wildman–Crippen LogP) is 1.61. The van der Waals surface area contributed by atoms with Gasteiger partial charge >= 0.3 is 5.97 Å². The molecule has 1 rings (SSSR count). The molecule has 17 heavy (non-hydrogen) atoms. The van der Waals surface area contributed by atoms with E-state index in [0.717, 1.165) is 0 Å². The van der Waals surface area contributed by atoms with Gasteiger partial charge in [-0.15, -0.1) is 0 Å². The largest absolute Gasteiger partial charge is 0.481 e. The molecule has 88 valence electrons. The number of nitrogens with one attached hydrogen (secondary N) is 1. The lowest BCUT2D eigenvalue weighted by Gasteiger charge is -2.08. The summed E-state index contributed by atoms with van der Waals surface area (Å²) in [5.74, 6) is -2.18. The van der Waals surface area contributed by atoms with Crippen molar-refractivity contribution in [3.8, 4) is 6.07 Å². The summed E-state index contributed by atoms with van der Waals surface area (Å²) in [4.78, 5) is 22.1. The molecule has 1 atom stereocenters. The Labute approximate surface area is 98.7 Å². The number of anilines is 1. The van der Waals surface area contributed by atoms with E-state index in [4.69, 9.17) is 10.4 Å². The predicted molar refractivity (Wildman–Crippen MR) is 61.2 cm³/mol. The molecule has 0 aliphatic rings. The average molecular weight is 232 g/mol. The Kier molecular flexibility index (Phi) is 4.23. The van der Waals surface area contributed by atoms with Crippen LogP contribution in [0.15, 0.2) is 24.3 Å². The normalized spacial score (nSPS) is 11.3. The second-order valence-electron chi connectivity index (χ2n) is 3.65. The Morgan fingerprint density at radius 2 is 2.12 bits per heavy atom. The number of benzene rings is 1. The minimum Gasteiger partial charge on any atom is -0.481 e. The highest BCUT2D eigenvalue weighted by Crippen LogP contribution is 2.14. The summed E-state index contributed by atoms with van der Waals surface area (Å²) in [7, 11) is 0. The van der Waals surface area contributed by atoms with Crippen molar-refractivity contribution in [1.29, 1.82) is 5.26 Å². The number of hydrogen-bond acceptors (Lipinski definition) is 3. The van der Waals surface area contributed by atoms with Crippen LogP contribution in [0.3, 0.4) is 0 Å². The monoisotopic (exact) mass is 232 g/mol. The minimum absolute atomic E-state index is 0.116. The van der Waals surface area contributed by atoms with Crippen LogP contribution >= 0.6 is 0 Å². The third kappa shape index (κ3) is 3.61. The van der Waals surface area contributed by atoms with E-state index >= 15 is 0 Å². The summed E-state index contributed by atoms with van der Waals surface area (Å²) in [6.45, 7) is 1.46. The highest BCUT2D eigenvalue weighted by Gasteiger charge is 2.16. The lowest BCUT2D eigenvalue weighted by molar-refractivity contribution is -0.142. The van der Waals surface area contributed by atoms with Crippen LogP contribution in [-0.2, 0) is 9.59 Å². The van der Waals surface area contributed by atoms with Gasteiger partial charge in [-0.25, -0.2) is 0 Å². The molecular formula is C12H12N2O3. The Hall–Kier alpha value is -2.35. The molecule has 5 heteroatoms. The molecule has 0 aromatic heterocycles. The van der Waals surface area contributed by atoms with Gasteiger partial charge in [-0.05, 0) is 12.1 Å². The summed E-state index contributed by atoms with van der Waals surface area (Å²) in [5, 5.41) is 20.0. The van der Waals surface area contributed by atoms with Crippen LogP contribution in [0.25, 0.3) is 0 Å². The maximum Gasteiger partial charge on any atom is 0.306 e. The number of hydrogen-bond donors (Lipinski definition) is 2. The SMILES string of the molecule is CC(CC(=O)Nc1ccccc1C#N)C(=O)O. The highest BCUT2D eigenvalue weighted by molar-refractivity contribution is 5.94. The van der Waals surface area contributed by atoms with E-state index in [1.165, 1.54) is 6.92 Å². The third-order valence-corrected chi connectivity index (χ3v) is 2.23. The van der Waals surface area contributed by atoms with Crippen molar-refractivity contribution in [1.82, 2.24) is 0 Å². The van der Waals surface area contributed by atoms with Crippen LogP contribution in [0.4, 0.5) is 5.69 Å². The first-order valence-electron chi connectivity index (χ1n) is 5.06. The second-order valence-corrected chi connectivity index (χ2v) is 3.65. The first-order valence-corrected chi connectivity index (χ1v) is 5.06. The molecule has 1 aromatic carbocycles. The van der Waals surface area contributed by atoms with Gasteiger partial charge in [0.1, 0.15) is 6.07 Å². The van der Waals surface area contributed by atoms with Gasteiger partial charge in [0.15, 0.2) is 0 Å². The van der Waals surface area contributed by atoms with Crippen LogP contribution in [0.2, 0.25) is 0 Å². The van der Waals surface area contributed by atoms with E-state index in [1.54, 1.807) is 24.3 Å². The van der Waals surface area contributed by atoms with E-state index in [2.05, 4.69) is 5.32 Å². The molecule has 0 heterocycles. The van der Waals surface area contributed by atoms with Crippen LogP contribution in [0.1, 0.15) is 18.9 Å². The number of para-hydroxylation sites is 1. The molecule has 0 aliphatic carbocycles. The molecule has 2 N–H and O–H groups in total. The smallest absolute Gasteiger partial charge is 0.306 e. The molecule has 1 aromatic rings. The zero-order valence-electron chi connectivity index (χ0n) is 9.30. The van der Waals surface area contributed by atoms with Crippen LogP contribution < -0.4 is 5.32 Å². The van der Waals surface area contributed by atoms with Crippen LogP contribution in [0.5, 0.6) is 0 Å². The summed E-state index contributed by atoms with van der Waals surface area (Å²) in [5.41, 5.74) is 0.751. The molecule has 0 radical (unpaired) electrons. The Morgan fingerprint density at radius 1 is 1.47 bits per heavy atom. The van der Waals surface area contributed by atoms with Gasteiger partial charge < -0.3 is 10.4 Å². The number of carboxylic acids is 1. The molecule has 0 bridgehead atoms. The van der Waals surface area contributed by atoms with Crippen molar-refractivity contribution in [3.63, 3.8) is 0 Å². The lowest BCUT2D eigenvalue weighted by atomic mass is 10.1. The first-order chi connectivity index (χ1) is 8.04. The molecule has 0 spiro atoms. The van der Waals surface area contributed by atoms with Gasteiger partial charge in [-0.1, -0.05) is 19.1 Å². The molecule has 0 saturated carbocycles. The van der Waals surface area contributed by atoms with Crippen LogP contribution in [-0.4, -0.2) is 17.0 Å². The lowest BCUT2D eigenvalue weighted by Crippen LogP contribution is -2.20. The van der Waals surface area contributed by atoms with Crippen molar-refractivity contribution in [2.24, 2.45) is 5.92 Å². The Morgan fingerprint density at radius 3 is 2.71 bits per heavy atom. The minimum atomic E-state index is -1.02. The maximum absolute atomic E-state index is 11.5. The fourth-order valence-electron chi connectivity index (χ4n) is 1.26. The van der Waals surface area contributed by atoms with Gasteiger partial charge in [0.2, 0.25) is 5.91 Å². The molecule has 0 saturated heterocycles. The van der Waals surface area contributed by atoms with E-state index < -0.39 is 17.8 Å². The van der Waals surface area contributed by atoms with E-state index in [9.17, 15) is 9.59 Å². The molecular weight excluding hydrogens is 220 g/mol. The second kappa shape index (κ2) is 5.66. The standard InChI is InChI=1S/C12H12N2O3/c1-8(12(16)17)6-11(15)14-10-5-3-2-4-9(10)7-13/h2-5,8H,6H2,1H3,(H,14,15)(H,16,17). The quantitative estimate of drug-likeness (QED) is 0.825. The molecule has 1 amide bonds. The molecule has 5 nitrogen and oxygen atoms in total. The first kappa shape index (κ1) is 12.7. The number of nitrogens with zero attached hydrogens (tertiary/aromatic N) is 1. The topological polar surface area (TPSA) is 90.2 Å². The van der Waals surface area contributed by atoms with Crippen molar-refractivity contribution < 1.29 is 14.7 Å². The number of carbonyl (C=O) groups excluding carboxylic acids is 1. The summed E-state index contributed by atoms with van der Waals surface area (Å²) in [6.07, 6.45) is -0.116. The average Bonchev–Trinajstić information content (AvgIpc) is 2.29. The number of aliphatic carboxylic acids is 1. The third-order valence-electron chi connectivity index (χ3n) is 2.23. The zero-order chi connectivity index (χ0) is 12.8. The van der Waals surface area contributed by atoms with E-state index in [0.29, 0.717) is 11.3 Å². The maximum atomic E-state index is 11.5. The summed E-state index contributed by atoms with van der Waals surface area (Å²) >= 11 is 0. The highest BCUT2D eigenvalue weighted by atomic mass is 16.4. The van der Waals surface area contributed by atoms with Gasteiger partial charge in [0, 0.05) is 6.42 Å². The van der Waals surface area contributed by atoms with Crippen molar-refractivity contribution >= 4 is 17.6 Å².